The van der Waals surface area contributed by atoms with Crippen LogP contribution in [-0.4, -0.2) is 32.6 Å². The van der Waals surface area contributed by atoms with Gasteiger partial charge in [0.05, 0.1) is 17.8 Å². The predicted molar refractivity (Wildman–Crippen MR) is 69.1 cm³/mol. The number of nitrogens with one attached hydrogen (secondary N) is 2. The average Bonchev–Trinajstić information content (AvgIpc) is 2.39. The number of anilines is 1. The Hall–Kier alpha value is -2.06. The van der Waals surface area contributed by atoms with Crippen molar-refractivity contribution in [2.75, 3.05) is 31.6 Å². The quantitative estimate of drug-likeness (QED) is 0.798. The lowest BCUT2D eigenvalue weighted by Crippen LogP contribution is -2.47. The van der Waals surface area contributed by atoms with E-state index >= 15 is 0 Å². The van der Waals surface area contributed by atoms with E-state index in [2.05, 4.69) is 16.7 Å². The fraction of sp³-hybridized carbons (Fsp3) is 0.385. The van der Waals surface area contributed by atoms with Crippen LogP contribution in [0.2, 0.25) is 0 Å². The lowest BCUT2D eigenvalue weighted by Gasteiger charge is -2.29. The number of carbonyl (C=O) groups excluding carboxylic acids is 1. The summed E-state index contributed by atoms with van der Waals surface area (Å²) in [7, 11) is 1.87. The van der Waals surface area contributed by atoms with Gasteiger partial charge in [-0.1, -0.05) is 6.07 Å². The Balaban J connectivity index is 2.27. The van der Waals surface area contributed by atoms with Gasteiger partial charge in [0.25, 0.3) is 0 Å². The van der Waals surface area contributed by atoms with Crippen LogP contribution in [0.3, 0.4) is 0 Å². The third-order valence-electron chi connectivity index (χ3n) is 2.94. The van der Waals surface area contributed by atoms with Crippen LogP contribution in [-0.2, 0) is 11.3 Å². The predicted octanol–water partition coefficient (Wildman–Crippen LogP) is 0.214. The Morgan fingerprint density at radius 1 is 1.56 bits per heavy atom. The van der Waals surface area contributed by atoms with Crippen molar-refractivity contribution in [2.24, 2.45) is 0 Å². The minimum absolute atomic E-state index is 0.00411. The Bertz CT molecular complexity index is 492. The molecular weight excluding hydrogens is 228 g/mol. The van der Waals surface area contributed by atoms with Gasteiger partial charge < -0.3 is 15.5 Å². The number of piperazine rings is 1. The normalized spacial score (nSPS) is 15.1. The summed E-state index contributed by atoms with van der Waals surface area (Å²) < 4.78 is 0. The van der Waals surface area contributed by atoms with E-state index < -0.39 is 0 Å². The summed E-state index contributed by atoms with van der Waals surface area (Å²) in [5, 5.41) is 15.0. The summed E-state index contributed by atoms with van der Waals surface area (Å²) in [6.45, 7) is 2.42. The van der Waals surface area contributed by atoms with E-state index in [1.165, 1.54) is 0 Å². The highest BCUT2D eigenvalue weighted by Gasteiger charge is 2.18. The minimum atomic E-state index is 0.00411. The van der Waals surface area contributed by atoms with E-state index in [0.717, 1.165) is 24.3 Å². The number of hydrogen-bond donors (Lipinski definition) is 2. The van der Waals surface area contributed by atoms with Crippen LogP contribution in [0.15, 0.2) is 18.2 Å². The Morgan fingerprint density at radius 2 is 2.39 bits per heavy atom. The number of hydrogen-bond acceptors (Lipinski definition) is 4. The standard InChI is InChI=1S/C13H16N4O/c1-15-8-10-2-3-12(11(6-10)7-14)17-5-4-16-13(18)9-17/h2-3,6,15H,4-5,8-9H2,1H3,(H,16,18). The summed E-state index contributed by atoms with van der Waals surface area (Å²) in [5.74, 6) is 0.00411. The fourth-order valence-corrected chi connectivity index (χ4v) is 2.11. The molecule has 5 nitrogen and oxygen atoms in total. The maximum Gasteiger partial charge on any atom is 0.239 e. The van der Waals surface area contributed by atoms with Crippen LogP contribution in [0, 0.1) is 11.3 Å². The molecule has 94 valence electrons. The molecule has 5 heteroatoms. The third-order valence-corrected chi connectivity index (χ3v) is 2.94. The topological polar surface area (TPSA) is 68.2 Å². The van der Waals surface area contributed by atoms with Crippen molar-refractivity contribution < 1.29 is 4.79 Å². The number of benzene rings is 1. The SMILES string of the molecule is CNCc1ccc(N2CCNC(=O)C2)c(C#N)c1. The van der Waals surface area contributed by atoms with Gasteiger partial charge in [-0.3, -0.25) is 4.79 Å². The van der Waals surface area contributed by atoms with E-state index in [1.807, 2.05) is 30.1 Å². The molecule has 0 radical (unpaired) electrons. The van der Waals surface area contributed by atoms with Gasteiger partial charge in [-0.2, -0.15) is 5.26 Å². The van der Waals surface area contributed by atoms with Crippen LogP contribution in [0.5, 0.6) is 0 Å². The van der Waals surface area contributed by atoms with Gasteiger partial charge in [-0.15, -0.1) is 0 Å². The largest absolute Gasteiger partial charge is 0.359 e. The lowest BCUT2D eigenvalue weighted by molar-refractivity contribution is -0.120. The Labute approximate surface area is 106 Å². The summed E-state index contributed by atoms with van der Waals surface area (Å²) in [4.78, 5) is 13.3. The smallest absolute Gasteiger partial charge is 0.239 e. The molecule has 1 amide bonds. The van der Waals surface area contributed by atoms with Crippen molar-refractivity contribution in [2.45, 2.75) is 6.54 Å². The summed E-state index contributed by atoms with van der Waals surface area (Å²) >= 11 is 0. The lowest BCUT2D eigenvalue weighted by atomic mass is 10.1. The minimum Gasteiger partial charge on any atom is -0.359 e. The monoisotopic (exact) mass is 244 g/mol. The van der Waals surface area contributed by atoms with Crippen molar-refractivity contribution in [3.63, 3.8) is 0 Å². The molecule has 0 saturated carbocycles. The van der Waals surface area contributed by atoms with E-state index in [9.17, 15) is 10.1 Å². The molecule has 0 aliphatic carbocycles. The molecule has 1 aromatic rings. The highest BCUT2D eigenvalue weighted by atomic mass is 16.2. The maximum absolute atomic E-state index is 11.4. The highest BCUT2D eigenvalue weighted by Crippen LogP contribution is 2.22. The maximum atomic E-state index is 11.4. The molecule has 0 aromatic heterocycles. The molecule has 1 fully saturated rings. The van der Waals surface area contributed by atoms with Gasteiger partial charge in [0.2, 0.25) is 5.91 Å². The van der Waals surface area contributed by atoms with Gasteiger partial charge >= 0.3 is 0 Å². The molecule has 1 saturated heterocycles. The van der Waals surface area contributed by atoms with Gasteiger partial charge in [0.15, 0.2) is 0 Å². The Morgan fingerprint density at radius 3 is 3.06 bits per heavy atom. The zero-order chi connectivity index (χ0) is 13.0. The Kier molecular flexibility index (Phi) is 3.80. The fourth-order valence-electron chi connectivity index (χ4n) is 2.11. The van der Waals surface area contributed by atoms with Crippen LogP contribution in [0.25, 0.3) is 0 Å². The first-order valence-electron chi connectivity index (χ1n) is 5.94. The molecule has 1 aliphatic rings. The number of nitriles is 1. The zero-order valence-corrected chi connectivity index (χ0v) is 10.4. The molecule has 18 heavy (non-hydrogen) atoms. The number of nitrogens with zero attached hydrogens (tertiary/aromatic N) is 2. The van der Waals surface area contributed by atoms with Crippen LogP contribution >= 0.6 is 0 Å². The third kappa shape index (κ3) is 2.60. The second kappa shape index (κ2) is 5.52. The second-order valence-electron chi connectivity index (χ2n) is 4.27. The average molecular weight is 244 g/mol. The van der Waals surface area contributed by atoms with E-state index in [0.29, 0.717) is 18.7 Å². The van der Waals surface area contributed by atoms with Gasteiger partial charge in [-0.25, -0.2) is 0 Å². The van der Waals surface area contributed by atoms with Crippen molar-refractivity contribution in [3.05, 3.63) is 29.3 Å². The molecular formula is C13H16N4O. The van der Waals surface area contributed by atoms with Crippen LogP contribution in [0.1, 0.15) is 11.1 Å². The first-order chi connectivity index (χ1) is 8.74. The summed E-state index contributed by atoms with van der Waals surface area (Å²) in [5.41, 5.74) is 2.53. The van der Waals surface area contributed by atoms with Gasteiger partial charge in [-0.05, 0) is 24.7 Å². The van der Waals surface area contributed by atoms with Crippen LogP contribution in [0.4, 0.5) is 5.69 Å². The summed E-state index contributed by atoms with van der Waals surface area (Å²) in [6.07, 6.45) is 0. The zero-order valence-electron chi connectivity index (χ0n) is 10.4. The highest BCUT2D eigenvalue weighted by molar-refractivity contribution is 5.83. The van der Waals surface area contributed by atoms with Gasteiger partial charge in [0, 0.05) is 19.6 Å². The molecule has 0 spiro atoms. The van der Waals surface area contributed by atoms with Crippen molar-refractivity contribution in [1.82, 2.24) is 10.6 Å². The molecule has 1 aliphatic heterocycles. The van der Waals surface area contributed by atoms with E-state index in [4.69, 9.17) is 0 Å². The number of rotatable bonds is 3. The first kappa shape index (κ1) is 12.4. The summed E-state index contributed by atoms with van der Waals surface area (Å²) in [6, 6.07) is 7.98. The molecule has 1 aromatic carbocycles. The molecule has 0 unspecified atom stereocenters. The van der Waals surface area contributed by atoms with E-state index in [-0.39, 0.29) is 5.91 Å². The molecule has 2 N–H and O–H groups in total. The molecule has 1 heterocycles. The molecule has 2 rings (SSSR count). The first-order valence-corrected chi connectivity index (χ1v) is 5.94. The number of carbonyl (C=O) groups is 1. The second-order valence-corrected chi connectivity index (χ2v) is 4.27. The van der Waals surface area contributed by atoms with Crippen molar-refractivity contribution in [3.8, 4) is 6.07 Å². The van der Waals surface area contributed by atoms with E-state index in [1.54, 1.807) is 0 Å². The molecule has 0 bridgehead atoms. The van der Waals surface area contributed by atoms with Crippen LogP contribution < -0.4 is 15.5 Å². The van der Waals surface area contributed by atoms with Crippen molar-refractivity contribution >= 4 is 11.6 Å². The number of amides is 1. The van der Waals surface area contributed by atoms with Gasteiger partial charge in [0.1, 0.15) is 6.07 Å². The molecule has 0 atom stereocenters. The van der Waals surface area contributed by atoms with Crippen molar-refractivity contribution in [1.29, 1.82) is 5.26 Å².